The molecule has 2 nitrogen and oxygen atoms in total. The first-order chi connectivity index (χ1) is 10.5. The molecule has 1 aliphatic heterocycles. The largest absolute Gasteiger partial charge is 0.485 e. The molecule has 22 heavy (non-hydrogen) atoms. The van der Waals surface area contributed by atoms with Crippen LogP contribution in [0.15, 0.2) is 6.07 Å². The molecule has 3 rings (SSSR count). The molecule has 1 aliphatic carbocycles. The second-order valence-electron chi connectivity index (χ2n) is 6.80. The summed E-state index contributed by atoms with van der Waals surface area (Å²) in [5.41, 5.74) is 1.10. The van der Waals surface area contributed by atoms with Crippen molar-refractivity contribution in [2.45, 2.75) is 64.6 Å². The highest BCUT2D eigenvalue weighted by Crippen LogP contribution is 2.34. The van der Waals surface area contributed by atoms with Crippen molar-refractivity contribution in [1.29, 1.82) is 0 Å². The second kappa shape index (κ2) is 6.53. The maximum absolute atomic E-state index is 14.0. The molecular formula is C18H24F2O2. The number of hydrogen-bond acceptors (Lipinski definition) is 2. The first-order valence-corrected chi connectivity index (χ1v) is 8.30. The summed E-state index contributed by atoms with van der Waals surface area (Å²) in [6.45, 7) is 4.32. The lowest BCUT2D eigenvalue weighted by Gasteiger charge is -2.30. The van der Waals surface area contributed by atoms with Gasteiger partial charge in [0.05, 0.1) is 12.7 Å². The van der Waals surface area contributed by atoms with Crippen LogP contribution in [0.25, 0.3) is 0 Å². The van der Waals surface area contributed by atoms with Crippen molar-refractivity contribution in [2.75, 3.05) is 6.61 Å². The summed E-state index contributed by atoms with van der Waals surface area (Å²) in [5, 5.41) is 0. The Bertz CT molecular complexity index is 536. The van der Waals surface area contributed by atoms with E-state index in [4.69, 9.17) is 9.47 Å². The van der Waals surface area contributed by atoms with E-state index >= 15 is 0 Å². The average molecular weight is 310 g/mol. The van der Waals surface area contributed by atoms with Gasteiger partial charge in [-0.05, 0) is 68.6 Å². The van der Waals surface area contributed by atoms with Crippen LogP contribution in [-0.2, 0) is 11.2 Å². The topological polar surface area (TPSA) is 18.5 Å². The molecule has 2 aliphatic rings. The van der Waals surface area contributed by atoms with Crippen molar-refractivity contribution in [3.05, 3.63) is 28.8 Å². The Morgan fingerprint density at radius 3 is 2.59 bits per heavy atom. The van der Waals surface area contributed by atoms with Crippen LogP contribution in [0.5, 0.6) is 5.75 Å². The molecular weight excluding hydrogens is 286 g/mol. The lowest BCUT2D eigenvalue weighted by atomic mass is 9.89. The molecule has 0 amide bonds. The van der Waals surface area contributed by atoms with Crippen LogP contribution >= 0.6 is 0 Å². The van der Waals surface area contributed by atoms with E-state index in [-0.39, 0.29) is 11.9 Å². The minimum absolute atomic E-state index is 0.0835. The van der Waals surface area contributed by atoms with Crippen molar-refractivity contribution in [3.8, 4) is 5.75 Å². The maximum atomic E-state index is 14.0. The molecule has 0 bridgehead atoms. The smallest absolute Gasteiger partial charge is 0.201 e. The van der Waals surface area contributed by atoms with Crippen LogP contribution in [0.1, 0.15) is 50.2 Å². The van der Waals surface area contributed by atoms with Crippen LogP contribution in [0.4, 0.5) is 8.78 Å². The third-order valence-corrected chi connectivity index (χ3v) is 4.92. The fourth-order valence-corrected chi connectivity index (χ4v) is 3.42. The molecule has 1 fully saturated rings. The standard InChI is InChI=1S/C18H24F2O2/c1-11-3-6-14(7-4-11)21-10-15-8-5-13-9-12(2)16(19)17(20)18(13)22-15/h9,11,14-15H,3-8,10H2,1-2H3. The number of hydrogen-bond donors (Lipinski definition) is 0. The van der Waals surface area contributed by atoms with Gasteiger partial charge < -0.3 is 9.47 Å². The summed E-state index contributed by atoms with van der Waals surface area (Å²) >= 11 is 0. The van der Waals surface area contributed by atoms with Crippen LogP contribution in [-0.4, -0.2) is 18.8 Å². The lowest BCUT2D eigenvalue weighted by Crippen LogP contribution is -2.32. The predicted octanol–water partition coefficient (Wildman–Crippen LogP) is 4.56. The molecule has 1 saturated carbocycles. The van der Waals surface area contributed by atoms with E-state index in [0.717, 1.165) is 30.7 Å². The zero-order chi connectivity index (χ0) is 15.7. The van der Waals surface area contributed by atoms with Gasteiger partial charge in [0.15, 0.2) is 11.6 Å². The van der Waals surface area contributed by atoms with Gasteiger partial charge >= 0.3 is 0 Å². The van der Waals surface area contributed by atoms with Gasteiger partial charge in [-0.3, -0.25) is 0 Å². The third kappa shape index (κ3) is 3.27. The molecule has 1 atom stereocenters. The molecule has 1 aromatic carbocycles. The first kappa shape index (κ1) is 15.7. The zero-order valence-corrected chi connectivity index (χ0v) is 13.3. The van der Waals surface area contributed by atoms with Gasteiger partial charge in [0.2, 0.25) is 5.82 Å². The van der Waals surface area contributed by atoms with Gasteiger partial charge in [-0.2, -0.15) is 4.39 Å². The van der Waals surface area contributed by atoms with Crippen LogP contribution in [0, 0.1) is 24.5 Å². The number of rotatable bonds is 3. The normalized spacial score (nSPS) is 28.1. The van der Waals surface area contributed by atoms with E-state index in [1.54, 1.807) is 13.0 Å². The molecule has 1 heterocycles. The van der Waals surface area contributed by atoms with Crippen molar-refractivity contribution in [2.24, 2.45) is 5.92 Å². The minimum Gasteiger partial charge on any atom is -0.485 e. The highest BCUT2D eigenvalue weighted by Gasteiger charge is 2.27. The quantitative estimate of drug-likeness (QED) is 0.814. The van der Waals surface area contributed by atoms with E-state index in [1.165, 1.54) is 12.8 Å². The summed E-state index contributed by atoms with van der Waals surface area (Å²) < 4.78 is 39.3. The van der Waals surface area contributed by atoms with Gasteiger partial charge in [-0.1, -0.05) is 6.92 Å². The van der Waals surface area contributed by atoms with E-state index in [1.807, 2.05) is 0 Å². The van der Waals surface area contributed by atoms with Crippen molar-refractivity contribution >= 4 is 0 Å². The van der Waals surface area contributed by atoms with Crippen LogP contribution < -0.4 is 4.74 Å². The Kier molecular flexibility index (Phi) is 4.67. The molecule has 0 spiro atoms. The SMILES string of the molecule is Cc1cc2c(c(F)c1F)OC(COC1CCC(C)CC1)CC2. The Morgan fingerprint density at radius 2 is 1.86 bits per heavy atom. The lowest BCUT2D eigenvalue weighted by molar-refractivity contribution is -0.0269. The van der Waals surface area contributed by atoms with E-state index < -0.39 is 11.6 Å². The number of fused-ring (bicyclic) bond motifs is 1. The second-order valence-corrected chi connectivity index (χ2v) is 6.80. The molecule has 0 saturated heterocycles. The Labute approximate surface area is 130 Å². The summed E-state index contributed by atoms with van der Waals surface area (Å²) in [4.78, 5) is 0. The van der Waals surface area contributed by atoms with Crippen molar-refractivity contribution in [1.82, 2.24) is 0 Å². The van der Waals surface area contributed by atoms with Gasteiger partial charge in [-0.15, -0.1) is 0 Å². The average Bonchev–Trinajstić information content (AvgIpc) is 2.52. The number of ether oxygens (including phenoxy) is 2. The molecule has 1 unspecified atom stereocenters. The van der Waals surface area contributed by atoms with Crippen LogP contribution in [0.2, 0.25) is 0 Å². The summed E-state index contributed by atoms with van der Waals surface area (Å²) in [5.74, 6) is -0.786. The monoisotopic (exact) mass is 310 g/mol. The number of aryl methyl sites for hydroxylation is 2. The van der Waals surface area contributed by atoms with E-state index in [2.05, 4.69) is 6.92 Å². The minimum atomic E-state index is -0.855. The molecule has 0 radical (unpaired) electrons. The van der Waals surface area contributed by atoms with Crippen molar-refractivity contribution in [3.63, 3.8) is 0 Å². The van der Waals surface area contributed by atoms with Gasteiger partial charge in [-0.25, -0.2) is 4.39 Å². The van der Waals surface area contributed by atoms with Gasteiger partial charge in [0.25, 0.3) is 0 Å². The van der Waals surface area contributed by atoms with Crippen LogP contribution in [0.3, 0.4) is 0 Å². The van der Waals surface area contributed by atoms with Gasteiger partial charge in [0, 0.05) is 0 Å². The zero-order valence-electron chi connectivity index (χ0n) is 13.3. The predicted molar refractivity (Wildman–Crippen MR) is 81.2 cm³/mol. The van der Waals surface area contributed by atoms with Gasteiger partial charge in [0.1, 0.15) is 6.10 Å². The molecule has 0 N–H and O–H groups in total. The Morgan fingerprint density at radius 1 is 1.14 bits per heavy atom. The highest BCUT2D eigenvalue weighted by molar-refractivity contribution is 5.41. The van der Waals surface area contributed by atoms with E-state index in [0.29, 0.717) is 24.7 Å². The molecule has 0 aromatic heterocycles. The molecule has 4 heteroatoms. The Hall–Kier alpha value is -1.16. The first-order valence-electron chi connectivity index (χ1n) is 8.30. The summed E-state index contributed by atoms with van der Waals surface area (Å²) in [6, 6.07) is 1.69. The maximum Gasteiger partial charge on any atom is 0.201 e. The molecule has 122 valence electrons. The summed E-state index contributed by atoms with van der Waals surface area (Å²) in [6.07, 6.45) is 6.21. The number of halogens is 2. The van der Waals surface area contributed by atoms with E-state index in [9.17, 15) is 8.78 Å². The highest BCUT2D eigenvalue weighted by atomic mass is 19.2. The van der Waals surface area contributed by atoms with Crippen molar-refractivity contribution < 1.29 is 18.3 Å². The molecule has 1 aromatic rings. The fourth-order valence-electron chi connectivity index (χ4n) is 3.42. The number of benzene rings is 1. The fraction of sp³-hybridized carbons (Fsp3) is 0.667. The third-order valence-electron chi connectivity index (χ3n) is 4.92. The Balaban J connectivity index is 1.59. The summed E-state index contributed by atoms with van der Waals surface area (Å²) in [7, 11) is 0.